The zero-order chi connectivity index (χ0) is 20.7. The van der Waals surface area contributed by atoms with Gasteiger partial charge in [0.05, 0.1) is 17.7 Å². The molecule has 0 saturated carbocycles. The first kappa shape index (κ1) is 19.3. The molecule has 4 aliphatic heterocycles. The standard InChI is InChI=1S/C25H26FN3O/c26-22-5-3-20(4-6-22)25-23-13-17(15-27)1-2-19(23)9-12-29(25)24(30)14-21-16-28-10-7-18(21)8-11-28/h1-6,13,18,21,25H,7-12,14,16H2/t21-,25+/m1/s1. The third-order valence-electron chi connectivity index (χ3n) is 7.24. The van der Waals surface area contributed by atoms with Crippen LogP contribution in [0.2, 0.25) is 0 Å². The molecule has 154 valence electrons. The maximum atomic E-state index is 13.6. The molecule has 2 aromatic carbocycles. The summed E-state index contributed by atoms with van der Waals surface area (Å²) in [7, 11) is 0. The fourth-order valence-electron chi connectivity index (χ4n) is 5.62. The Hall–Kier alpha value is -2.71. The van der Waals surface area contributed by atoms with E-state index in [1.54, 1.807) is 12.1 Å². The van der Waals surface area contributed by atoms with E-state index in [0.717, 1.165) is 29.7 Å². The first-order valence-electron chi connectivity index (χ1n) is 10.9. The SMILES string of the molecule is N#Cc1ccc2c(c1)[C@H](c1ccc(F)cc1)N(C(=O)C[C@@H]1CN3CCC1CC3)CC2. The van der Waals surface area contributed by atoms with Crippen molar-refractivity contribution in [2.45, 2.75) is 31.7 Å². The number of nitriles is 1. The van der Waals surface area contributed by atoms with Crippen LogP contribution in [0.25, 0.3) is 0 Å². The number of carbonyl (C=O) groups is 1. The fourth-order valence-corrected chi connectivity index (χ4v) is 5.62. The monoisotopic (exact) mass is 403 g/mol. The Balaban J connectivity index is 1.47. The number of nitrogens with zero attached hydrogens (tertiary/aromatic N) is 3. The molecule has 4 heterocycles. The highest BCUT2D eigenvalue weighted by Gasteiger charge is 2.38. The highest BCUT2D eigenvalue weighted by atomic mass is 19.1. The molecule has 2 aromatic rings. The third-order valence-corrected chi connectivity index (χ3v) is 7.24. The van der Waals surface area contributed by atoms with E-state index in [-0.39, 0.29) is 17.8 Å². The van der Waals surface area contributed by atoms with Gasteiger partial charge >= 0.3 is 0 Å². The van der Waals surface area contributed by atoms with Crippen molar-refractivity contribution >= 4 is 5.91 Å². The van der Waals surface area contributed by atoms with Crippen molar-refractivity contribution in [2.24, 2.45) is 11.8 Å². The minimum absolute atomic E-state index is 0.177. The number of amides is 1. The summed E-state index contributed by atoms with van der Waals surface area (Å²) in [4.78, 5) is 18.0. The van der Waals surface area contributed by atoms with Crippen LogP contribution in [0, 0.1) is 29.0 Å². The van der Waals surface area contributed by atoms with Gasteiger partial charge in [-0.2, -0.15) is 5.26 Å². The summed E-state index contributed by atoms with van der Waals surface area (Å²) in [5.74, 6) is 0.980. The molecule has 0 aliphatic carbocycles. The molecule has 2 atom stereocenters. The van der Waals surface area contributed by atoms with Crippen molar-refractivity contribution < 1.29 is 9.18 Å². The van der Waals surface area contributed by atoms with Crippen LogP contribution < -0.4 is 0 Å². The molecule has 0 N–H and O–H groups in total. The fraction of sp³-hybridized carbons (Fsp3) is 0.440. The van der Waals surface area contributed by atoms with Crippen LogP contribution in [0.1, 0.15) is 47.6 Å². The summed E-state index contributed by atoms with van der Waals surface area (Å²) in [6, 6.07) is 14.1. The van der Waals surface area contributed by atoms with Gasteiger partial charge < -0.3 is 9.80 Å². The lowest BCUT2D eigenvalue weighted by Crippen LogP contribution is -2.49. The number of rotatable bonds is 3. The first-order chi connectivity index (χ1) is 14.6. The molecule has 0 unspecified atom stereocenters. The Kier molecular flexibility index (Phi) is 5.04. The Morgan fingerprint density at radius 3 is 2.53 bits per heavy atom. The Labute approximate surface area is 176 Å². The summed E-state index contributed by atoms with van der Waals surface area (Å²) in [5, 5.41) is 9.40. The van der Waals surface area contributed by atoms with Crippen LogP contribution in [0.3, 0.4) is 0 Å². The summed E-state index contributed by atoms with van der Waals surface area (Å²) in [5.41, 5.74) is 3.65. The van der Waals surface area contributed by atoms with Gasteiger partial charge in [0, 0.05) is 19.5 Å². The Bertz CT molecular complexity index is 988. The van der Waals surface area contributed by atoms with E-state index in [0.29, 0.717) is 30.4 Å². The predicted octanol–water partition coefficient (Wildman–Crippen LogP) is 3.90. The van der Waals surface area contributed by atoms with Gasteiger partial charge in [-0.05, 0) is 85.1 Å². The van der Waals surface area contributed by atoms with Gasteiger partial charge in [-0.25, -0.2) is 4.39 Å². The number of carbonyl (C=O) groups excluding carboxylic acids is 1. The molecule has 2 bridgehead atoms. The predicted molar refractivity (Wildman–Crippen MR) is 112 cm³/mol. The van der Waals surface area contributed by atoms with Gasteiger partial charge in [0.2, 0.25) is 5.91 Å². The van der Waals surface area contributed by atoms with E-state index in [1.165, 1.54) is 38.1 Å². The molecule has 30 heavy (non-hydrogen) atoms. The van der Waals surface area contributed by atoms with Crippen LogP contribution in [0.5, 0.6) is 0 Å². The van der Waals surface area contributed by atoms with E-state index >= 15 is 0 Å². The molecule has 0 radical (unpaired) electrons. The normalized spacial score (nSPS) is 27.4. The summed E-state index contributed by atoms with van der Waals surface area (Å²) < 4.78 is 13.6. The second-order valence-corrected chi connectivity index (χ2v) is 8.92. The second-order valence-electron chi connectivity index (χ2n) is 8.92. The quantitative estimate of drug-likeness (QED) is 0.781. The number of hydrogen-bond donors (Lipinski definition) is 0. The van der Waals surface area contributed by atoms with Gasteiger partial charge in [-0.3, -0.25) is 4.79 Å². The molecule has 0 aromatic heterocycles. The molecular weight excluding hydrogens is 377 g/mol. The van der Waals surface area contributed by atoms with Crippen LogP contribution in [-0.2, 0) is 11.2 Å². The molecular formula is C25H26FN3O. The van der Waals surface area contributed by atoms with Crippen molar-refractivity contribution in [3.8, 4) is 6.07 Å². The minimum Gasteiger partial charge on any atom is -0.331 e. The van der Waals surface area contributed by atoms with E-state index in [4.69, 9.17) is 0 Å². The Morgan fingerprint density at radius 1 is 1.10 bits per heavy atom. The van der Waals surface area contributed by atoms with Crippen molar-refractivity contribution in [2.75, 3.05) is 26.2 Å². The van der Waals surface area contributed by atoms with Crippen LogP contribution in [0.15, 0.2) is 42.5 Å². The maximum Gasteiger partial charge on any atom is 0.223 e. The zero-order valence-electron chi connectivity index (χ0n) is 17.1. The Morgan fingerprint density at radius 2 is 1.87 bits per heavy atom. The summed E-state index contributed by atoms with van der Waals surface area (Å²) in [6.45, 7) is 4.02. The molecule has 4 nitrogen and oxygen atoms in total. The van der Waals surface area contributed by atoms with Crippen molar-refractivity contribution in [1.82, 2.24) is 9.80 Å². The lowest BCUT2D eigenvalue weighted by Gasteiger charge is -2.46. The molecule has 0 spiro atoms. The van der Waals surface area contributed by atoms with E-state index in [9.17, 15) is 14.4 Å². The third kappa shape index (κ3) is 3.50. The number of hydrogen-bond acceptors (Lipinski definition) is 3. The van der Waals surface area contributed by atoms with Gasteiger partial charge in [0.25, 0.3) is 0 Å². The topological polar surface area (TPSA) is 47.3 Å². The van der Waals surface area contributed by atoms with E-state index in [1.807, 2.05) is 23.1 Å². The maximum absolute atomic E-state index is 13.6. The zero-order valence-corrected chi connectivity index (χ0v) is 17.1. The number of fused-ring (bicyclic) bond motifs is 4. The minimum atomic E-state index is -0.286. The van der Waals surface area contributed by atoms with Gasteiger partial charge in [-0.1, -0.05) is 18.2 Å². The van der Waals surface area contributed by atoms with E-state index in [2.05, 4.69) is 11.0 Å². The molecule has 3 saturated heterocycles. The van der Waals surface area contributed by atoms with Crippen LogP contribution in [-0.4, -0.2) is 41.9 Å². The highest BCUT2D eigenvalue weighted by Crippen LogP contribution is 2.39. The second kappa shape index (κ2) is 7.85. The first-order valence-corrected chi connectivity index (χ1v) is 10.9. The molecule has 3 fully saturated rings. The van der Waals surface area contributed by atoms with Gasteiger partial charge in [0.15, 0.2) is 0 Å². The number of piperidine rings is 3. The lowest BCUT2D eigenvalue weighted by atomic mass is 9.77. The average molecular weight is 404 g/mol. The van der Waals surface area contributed by atoms with Gasteiger partial charge in [-0.15, -0.1) is 0 Å². The number of benzene rings is 2. The average Bonchev–Trinajstić information content (AvgIpc) is 2.79. The molecule has 6 rings (SSSR count). The molecule has 5 heteroatoms. The van der Waals surface area contributed by atoms with Crippen LogP contribution in [0.4, 0.5) is 4.39 Å². The molecule has 1 amide bonds. The smallest absolute Gasteiger partial charge is 0.223 e. The van der Waals surface area contributed by atoms with E-state index < -0.39 is 0 Å². The summed E-state index contributed by atoms with van der Waals surface area (Å²) in [6.07, 6.45) is 3.76. The van der Waals surface area contributed by atoms with Crippen molar-refractivity contribution in [3.05, 3.63) is 70.5 Å². The van der Waals surface area contributed by atoms with Crippen LogP contribution >= 0.6 is 0 Å². The highest BCUT2D eigenvalue weighted by molar-refractivity contribution is 5.78. The summed E-state index contributed by atoms with van der Waals surface area (Å²) >= 11 is 0. The number of halogens is 1. The van der Waals surface area contributed by atoms with Crippen molar-refractivity contribution in [1.29, 1.82) is 5.26 Å². The molecule has 4 aliphatic rings. The lowest BCUT2D eigenvalue weighted by molar-refractivity contribution is -0.136. The van der Waals surface area contributed by atoms with Gasteiger partial charge in [0.1, 0.15) is 5.82 Å². The largest absolute Gasteiger partial charge is 0.331 e. The van der Waals surface area contributed by atoms with Crippen molar-refractivity contribution in [3.63, 3.8) is 0 Å².